The van der Waals surface area contributed by atoms with Crippen molar-refractivity contribution >= 4 is 34.8 Å². The van der Waals surface area contributed by atoms with Crippen molar-refractivity contribution in [2.24, 2.45) is 0 Å². The van der Waals surface area contributed by atoms with Gasteiger partial charge in [0.05, 0.1) is 11.4 Å². The number of carbonyl (C=O) groups is 1. The molecule has 0 spiro atoms. The number of hydrogen-bond acceptors (Lipinski definition) is 3. The zero-order valence-electron chi connectivity index (χ0n) is 15.9. The number of anilines is 1. The highest BCUT2D eigenvalue weighted by Gasteiger charge is 2.39. The Morgan fingerprint density at radius 1 is 1.10 bits per heavy atom. The maximum absolute atomic E-state index is 13.0. The SMILES string of the molecule is Cc1nn(-c2ccccc2)c2c1[C@H](c1ccc(Cl)cc1Cl)C1=C(CCCC1=O)N2. The van der Waals surface area contributed by atoms with E-state index in [1.807, 2.05) is 54.1 Å². The highest BCUT2D eigenvalue weighted by atomic mass is 35.5. The first-order valence-corrected chi connectivity index (χ1v) is 10.4. The largest absolute Gasteiger partial charge is 0.343 e. The number of nitrogens with zero attached hydrogens (tertiary/aromatic N) is 2. The normalized spacial score (nSPS) is 18.3. The van der Waals surface area contributed by atoms with Crippen LogP contribution in [0, 0.1) is 6.92 Å². The Bertz CT molecular complexity index is 1160. The predicted molar refractivity (Wildman–Crippen MR) is 116 cm³/mol. The number of aryl methyl sites for hydroxylation is 1. The first kappa shape index (κ1) is 18.5. The fourth-order valence-corrected chi connectivity index (χ4v) is 4.94. The zero-order chi connectivity index (χ0) is 20.1. The molecule has 0 saturated carbocycles. The Balaban J connectivity index is 1.78. The lowest BCUT2D eigenvalue weighted by atomic mass is 9.76. The quantitative estimate of drug-likeness (QED) is 0.545. The van der Waals surface area contributed by atoms with Crippen LogP contribution in [0.2, 0.25) is 10.0 Å². The van der Waals surface area contributed by atoms with Gasteiger partial charge in [0, 0.05) is 39.2 Å². The van der Waals surface area contributed by atoms with E-state index in [1.165, 1.54) is 0 Å². The van der Waals surface area contributed by atoms with Crippen LogP contribution in [0.3, 0.4) is 0 Å². The molecule has 5 rings (SSSR count). The second-order valence-electron chi connectivity index (χ2n) is 7.49. The average Bonchev–Trinajstić information content (AvgIpc) is 3.04. The predicted octanol–water partition coefficient (Wildman–Crippen LogP) is 6.05. The molecule has 0 saturated heterocycles. The summed E-state index contributed by atoms with van der Waals surface area (Å²) < 4.78 is 1.92. The van der Waals surface area contributed by atoms with E-state index in [9.17, 15) is 4.79 Å². The standard InChI is InChI=1S/C23H19Cl2N3O/c1-13-20-21(16-11-10-14(24)12-17(16)25)22-18(8-5-9-19(22)29)26-23(20)28(27-13)15-6-3-2-4-7-15/h2-4,6-7,10-12,21,26H,5,8-9H2,1H3/t21-/m0/s1. The molecule has 1 N–H and O–H groups in total. The van der Waals surface area contributed by atoms with E-state index in [0.717, 1.165) is 52.4 Å². The lowest BCUT2D eigenvalue weighted by Crippen LogP contribution is -2.27. The van der Waals surface area contributed by atoms with Gasteiger partial charge in [0.1, 0.15) is 5.82 Å². The third kappa shape index (κ3) is 2.98. The summed E-state index contributed by atoms with van der Waals surface area (Å²) in [6.07, 6.45) is 2.24. The van der Waals surface area contributed by atoms with Gasteiger partial charge in [-0.25, -0.2) is 4.68 Å². The lowest BCUT2D eigenvalue weighted by molar-refractivity contribution is -0.116. The molecule has 0 bridgehead atoms. The smallest absolute Gasteiger partial charge is 0.161 e. The third-order valence-corrected chi connectivity index (χ3v) is 6.25. The number of hydrogen-bond donors (Lipinski definition) is 1. The molecule has 2 aromatic carbocycles. The number of aromatic nitrogens is 2. The molecule has 4 nitrogen and oxygen atoms in total. The van der Waals surface area contributed by atoms with E-state index < -0.39 is 0 Å². The van der Waals surface area contributed by atoms with Crippen molar-refractivity contribution in [3.05, 3.63) is 86.7 Å². The molecule has 1 aliphatic heterocycles. The molecular weight excluding hydrogens is 405 g/mol. The van der Waals surface area contributed by atoms with Crippen molar-refractivity contribution in [1.82, 2.24) is 9.78 Å². The molecule has 2 aliphatic rings. The van der Waals surface area contributed by atoms with E-state index in [-0.39, 0.29) is 11.7 Å². The first-order chi connectivity index (χ1) is 14.0. The van der Waals surface area contributed by atoms with Crippen LogP contribution >= 0.6 is 23.2 Å². The molecule has 0 radical (unpaired) electrons. The maximum Gasteiger partial charge on any atom is 0.161 e. The minimum Gasteiger partial charge on any atom is -0.343 e. The number of nitrogens with one attached hydrogen (secondary N) is 1. The Hall–Kier alpha value is -2.56. The molecule has 6 heteroatoms. The Kier molecular flexibility index (Phi) is 4.49. The van der Waals surface area contributed by atoms with Gasteiger partial charge in [-0.2, -0.15) is 5.10 Å². The third-order valence-electron chi connectivity index (χ3n) is 5.68. The molecule has 29 heavy (non-hydrogen) atoms. The van der Waals surface area contributed by atoms with Gasteiger partial charge in [-0.3, -0.25) is 4.79 Å². The van der Waals surface area contributed by atoms with E-state index >= 15 is 0 Å². The summed E-state index contributed by atoms with van der Waals surface area (Å²) >= 11 is 12.8. The second-order valence-corrected chi connectivity index (χ2v) is 8.33. The number of halogens is 2. The van der Waals surface area contributed by atoms with Crippen molar-refractivity contribution in [1.29, 1.82) is 0 Å². The van der Waals surface area contributed by atoms with Crippen LogP contribution in [0.4, 0.5) is 5.82 Å². The number of ketones is 1. The number of allylic oxidation sites excluding steroid dienone is 2. The van der Waals surface area contributed by atoms with Gasteiger partial charge in [-0.1, -0.05) is 47.5 Å². The minimum absolute atomic E-state index is 0.173. The van der Waals surface area contributed by atoms with Gasteiger partial charge in [0.25, 0.3) is 0 Å². The van der Waals surface area contributed by atoms with Crippen LogP contribution in [-0.2, 0) is 4.79 Å². The van der Waals surface area contributed by atoms with Crippen LogP contribution in [-0.4, -0.2) is 15.6 Å². The molecule has 1 atom stereocenters. The van der Waals surface area contributed by atoms with Gasteiger partial charge >= 0.3 is 0 Å². The number of carbonyl (C=O) groups excluding carboxylic acids is 1. The first-order valence-electron chi connectivity index (χ1n) is 9.67. The molecule has 146 valence electrons. The summed E-state index contributed by atoms with van der Waals surface area (Å²) in [5, 5.41) is 9.49. The molecule has 0 fully saturated rings. The van der Waals surface area contributed by atoms with Gasteiger partial charge in [-0.15, -0.1) is 0 Å². The van der Waals surface area contributed by atoms with Gasteiger partial charge < -0.3 is 5.32 Å². The van der Waals surface area contributed by atoms with E-state index in [4.69, 9.17) is 28.3 Å². The van der Waals surface area contributed by atoms with Crippen molar-refractivity contribution < 1.29 is 4.79 Å². The second kappa shape index (κ2) is 7.05. The van der Waals surface area contributed by atoms with Crippen LogP contribution in [0.25, 0.3) is 5.69 Å². The molecule has 1 aliphatic carbocycles. The summed E-state index contributed by atoms with van der Waals surface area (Å²) in [4.78, 5) is 13.0. The molecular formula is C23H19Cl2N3O. The number of Topliss-reactive ketones (excluding diaryl/α,β-unsaturated/α-hetero) is 1. The van der Waals surface area contributed by atoms with Gasteiger partial charge in [0.2, 0.25) is 0 Å². The average molecular weight is 424 g/mol. The highest BCUT2D eigenvalue weighted by Crippen LogP contribution is 2.48. The van der Waals surface area contributed by atoms with Crippen molar-refractivity contribution in [3.63, 3.8) is 0 Å². The van der Waals surface area contributed by atoms with Crippen molar-refractivity contribution in [2.75, 3.05) is 5.32 Å². The highest BCUT2D eigenvalue weighted by molar-refractivity contribution is 6.35. The summed E-state index contributed by atoms with van der Waals surface area (Å²) in [5.74, 6) is 0.821. The van der Waals surface area contributed by atoms with Crippen LogP contribution in [0.5, 0.6) is 0 Å². The Morgan fingerprint density at radius 2 is 1.90 bits per heavy atom. The summed E-state index contributed by atoms with van der Waals surface area (Å²) in [6.45, 7) is 1.98. The summed E-state index contributed by atoms with van der Waals surface area (Å²) in [5.41, 5.74) is 5.50. The fourth-order valence-electron chi connectivity index (χ4n) is 4.42. The van der Waals surface area contributed by atoms with E-state index in [2.05, 4.69) is 5.32 Å². The number of rotatable bonds is 2. The van der Waals surface area contributed by atoms with Gasteiger partial charge in [-0.05, 0) is 49.6 Å². The summed E-state index contributed by atoms with van der Waals surface area (Å²) in [6, 6.07) is 15.5. The van der Waals surface area contributed by atoms with Gasteiger partial charge in [0.15, 0.2) is 5.78 Å². The van der Waals surface area contributed by atoms with E-state index in [1.54, 1.807) is 6.07 Å². The number of para-hydroxylation sites is 1. The minimum atomic E-state index is -0.253. The molecule has 0 unspecified atom stereocenters. The van der Waals surface area contributed by atoms with Crippen LogP contribution in [0.15, 0.2) is 59.8 Å². The van der Waals surface area contributed by atoms with Crippen LogP contribution < -0.4 is 5.32 Å². The molecule has 1 aromatic heterocycles. The van der Waals surface area contributed by atoms with Crippen LogP contribution in [0.1, 0.15) is 42.0 Å². The summed E-state index contributed by atoms with van der Waals surface area (Å²) in [7, 11) is 0. The van der Waals surface area contributed by atoms with Crippen molar-refractivity contribution in [3.8, 4) is 5.69 Å². The monoisotopic (exact) mass is 423 g/mol. The van der Waals surface area contributed by atoms with E-state index in [0.29, 0.717) is 16.5 Å². The Labute approximate surface area is 179 Å². The number of benzene rings is 2. The topological polar surface area (TPSA) is 46.9 Å². The Morgan fingerprint density at radius 3 is 2.66 bits per heavy atom. The lowest BCUT2D eigenvalue weighted by Gasteiger charge is -2.33. The number of fused-ring (bicyclic) bond motifs is 1. The fraction of sp³-hybridized carbons (Fsp3) is 0.217. The maximum atomic E-state index is 13.0. The molecule has 0 amide bonds. The molecule has 2 heterocycles. The molecule has 3 aromatic rings. The van der Waals surface area contributed by atoms with Crippen molar-refractivity contribution in [2.45, 2.75) is 32.1 Å². The zero-order valence-corrected chi connectivity index (χ0v) is 17.4.